The standard InChI is InChI=1S/C12H16O2S/c1-3-14-12(13)9-15-8-11-7-5-4-6-10(11)2/h4-7H,3,8-9H2,1-2H3. The van der Waals surface area contributed by atoms with Crippen LogP contribution in [0.2, 0.25) is 0 Å². The van der Waals surface area contributed by atoms with Crippen molar-refractivity contribution in [2.45, 2.75) is 19.6 Å². The van der Waals surface area contributed by atoms with Crippen molar-refractivity contribution in [3.8, 4) is 0 Å². The monoisotopic (exact) mass is 224 g/mol. The van der Waals surface area contributed by atoms with Crippen LogP contribution < -0.4 is 0 Å². The molecule has 0 atom stereocenters. The summed E-state index contributed by atoms with van der Waals surface area (Å²) in [6.45, 7) is 4.37. The van der Waals surface area contributed by atoms with Crippen molar-refractivity contribution in [3.05, 3.63) is 35.4 Å². The lowest BCUT2D eigenvalue weighted by Crippen LogP contribution is -2.06. The number of aryl methyl sites for hydroxylation is 1. The van der Waals surface area contributed by atoms with Crippen molar-refractivity contribution in [1.82, 2.24) is 0 Å². The summed E-state index contributed by atoms with van der Waals surface area (Å²) in [7, 11) is 0. The van der Waals surface area contributed by atoms with Crippen molar-refractivity contribution in [2.75, 3.05) is 12.4 Å². The molecule has 0 heterocycles. The summed E-state index contributed by atoms with van der Waals surface area (Å²) >= 11 is 1.59. The summed E-state index contributed by atoms with van der Waals surface area (Å²) in [5.74, 6) is 1.17. The number of hydrogen-bond acceptors (Lipinski definition) is 3. The fourth-order valence-electron chi connectivity index (χ4n) is 1.22. The molecule has 2 nitrogen and oxygen atoms in total. The van der Waals surface area contributed by atoms with Crippen molar-refractivity contribution in [1.29, 1.82) is 0 Å². The predicted octanol–water partition coefficient (Wildman–Crippen LogP) is 2.79. The van der Waals surface area contributed by atoms with Gasteiger partial charge in [-0.15, -0.1) is 11.8 Å². The van der Waals surface area contributed by atoms with E-state index in [-0.39, 0.29) is 5.97 Å². The number of esters is 1. The Balaban J connectivity index is 2.32. The van der Waals surface area contributed by atoms with Gasteiger partial charge in [0.05, 0.1) is 12.4 Å². The van der Waals surface area contributed by atoms with E-state index in [0.29, 0.717) is 12.4 Å². The van der Waals surface area contributed by atoms with Crippen LogP contribution in [-0.4, -0.2) is 18.3 Å². The zero-order chi connectivity index (χ0) is 11.1. The summed E-state index contributed by atoms with van der Waals surface area (Å²) in [6.07, 6.45) is 0. The van der Waals surface area contributed by atoms with Gasteiger partial charge in [0.2, 0.25) is 0 Å². The van der Waals surface area contributed by atoms with E-state index in [9.17, 15) is 4.79 Å². The molecule has 3 heteroatoms. The first-order chi connectivity index (χ1) is 7.24. The molecule has 82 valence electrons. The van der Waals surface area contributed by atoms with Crippen LogP contribution in [0.4, 0.5) is 0 Å². The third-order valence-electron chi connectivity index (χ3n) is 2.04. The van der Waals surface area contributed by atoms with Crippen LogP contribution in [0.1, 0.15) is 18.1 Å². The maximum atomic E-state index is 11.1. The van der Waals surface area contributed by atoms with E-state index in [1.54, 1.807) is 11.8 Å². The van der Waals surface area contributed by atoms with E-state index >= 15 is 0 Å². The zero-order valence-electron chi connectivity index (χ0n) is 9.16. The van der Waals surface area contributed by atoms with Gasteiger partial charge in [-0.05, 0) is 25.0 Å². The molecule has 0 N–H and O–H groups in total. The maximum Gasteiger partial charge on any atom is 0.315 e. The lowest BCUT2D eigenvalue weighted by Gasteiger charge is -2.04. The molecule has 0 saturated carbocycles. The first-order valence-electron chi connectivity index (χ1n) is 5.02. The largest absolute Gasteiger partial charge is 0.465 e. The minimum Gasteiger partial charge on any atom is -0.465 e. The molecule has 0 aliphatic rings. The topological polar surface area (TPSA) is 26.3 Å². The van der Waals surface area contributed by atoms with Gasteiger partial charge in [0.15, 0.2) is 0 Å². The van der Waals surface area contributed by atoms with Gasteiger partial charge in [-0.3, -0.25) is 4.79 Å². The number of benzene rings is 1. The van der Waals surface area contributed by atoms with E-state index < -0.39 is 0 Å². The van der Waals surface area contributed by atoms with E-state index in [0.717, 1.165) is 5.75 Å². The Hall–Kier alpha value is -0.960. The molecule has 0 bridgehead atoms. The summed E-state index contributed by atoms with van der Waals surface area (Å²) < 4.78 is 4.85. The third kappa shape index (κ3) is 4.38. The zero-order valence-corrected chi connectivity index (χ0v) is 9.97. The van der Waals surface area contributed by atoms with Crippen LogP contribution in [-0.2, 0) is 15.3 Å². The molecule has 0 saturated heterocycles. The van der Waals surface area contributed by atoms with E-state index in [1.165, 1.54) is 11.1 Å². The molecule has 0 aromatic heterocycles. The molecule has 0 fully saturated rings. The molecule has 0 radical (unpaired) electrons. The number of carbonyl (C=O) groups is 1. The molecule has 0 aliphatic heterocycles. The van der Waals surface area contributed by atoms with Crippen LogP contribution in [0, 0.1) is 6.92 Å². The molecule has 0 aliphatic carbocycles. The molecule has 1 aromatic rings. The summed E-state index contributed by atoms with van der Waals surface area (Å²) in [4.78, 5) is 11.1. The highest BCUT2D eigenvalue weighted by Crippen LogP contribution is 2.15. The Labute approximate surface area is 95.0 Å². The minimum absolute atomic E-state index is 0.129. The summed E-state index contributed by atoms with van der Waals surface area (Å²) in [5, 5.41) is 0. The van der Waals surface area contributed by atoms with E-state index in [4.69, 9.17) is 4.74 Å². The quantitative estimate of drug-likeness (QED) is 0.719. The average Bonchev–Trinajstić information content (AvgIpc) is 2.21. The second kappa shape index (κ2) is 6.51. The van der Waals surface area contributed by atoms with Crippen LogP contribution >= 0.6 is 11.8 Å². The van der Waals surface area contributed by atoms with Gasteiger partial charge in [-0.1, -0.05) is 24.3 Å². The molecule has 15 heavy (non-hydrogen) atoms. The van der Waals surface area contributed by atoms with Crippen molar-refractivity contribution < 1.29 is 9.53 Å². The van der Waals surface area contributed by atoms with Crippen LogP contribution in [0.5, 0.6) is 0 Å². The molecule has 0 spiro atoms. The van der Waals surface area contributed by atoms with Crippen LogP contribution in [0.3, 0.4) is 0 Å². The molecular weight excluding hydrogens is 208 g/mol. The van der Waals surface area contributed by atoms with Gasteiger partial charge in [0.1, 0.15) is 0 Å². The van der Waals surface area contributed by atoms with E-state index in [2.05, 4.69) is 19.1 Å². The Morgan fingerprint density at radius 2 is 2.13 bits per heavy atom. The average molecular weight is 224 g/mol. The summed E-state index contributed by atoms with van der Waals surface area (Å²) in [5.41, 5.74) is 2.56. The smallest absolute Gasteiger partial charge is 0.315 e. The lowest BCUT2D eigenvalue weighted by molar-refractivity contribution is -0.139. The molecule has 0 unspecified atom stereocenters. The van der Waals surface area contributed by atoms with Gasteiger partial charge in [0.25, 0.3) is 0 Å². The Bertz CT molecular complexity index is 323. The number of carbonyl (C=O) groups excluding carboxylic acids is 1. The number of ether oxygens (including phenoxy) is 1. The first-order valence-corrected chi connectivity index (χ1v) is 6.17. The van der Waals surface area contributed by atoms with Crippen LogP contribution in [0.15, 0.2) is 24.3 Å². The Morgan fingerprint density at radius 1 is 1.40 bits per heavy atom. The second-order valence-corrected chi connectivity index (χ2v) is 4.21. The van der Waals surface area contributed by atoms with Gasteiger partial charge in [0, 0.05) is 5.75 Å². The fourth-order valence-corrected chi connectivity index (χ4v) is 2.11. The number of rotatable bonds is 5. The molecule has 1 rings (SSSR count). The first kappa shape index (κ1) is 12.1. The summed E-state index contributed by atoms with van der Waals surface area (Å²) in [6, 6.07) is 8.22. The highest BCUT2D eigenvalue weighted by atomic mass is 32.2. The number of thioether (sulfide) groups is 1. The predicted molar refractivity (Wildman–Crippen MR) is 64.0 cm³/mol. The van der Waals surface area contributed by atoms with Crippen molar-refractivity contribution in [2.24, 2.45) is 0 Å². The number of hydrogen-bond donors (Lipinski definition) is 0. The highest BCUT2D eigenvalue weighted by Gasteiger charge is 2.02. The second-order valence-electron chi connectivity index (χ2n) is 3.22. The maximum absolute atomic E-state index is 11.1. The van der Waals surface area contributed by atoms with Crippen molar-refractivity contribution >= 4 is 17.7 Å². The SMILES string of the molecule is CCOC(=O)CSCc1ccccc1C. The van der Waals surface area contributed by atoms with Gasteiger partial charge in [-0.25, -0.2) is 0 Å². The Kier molecular flexibility index (Phi) is 5.26. The van der Waals surface area contributed by atoms with Gasteiger partial charge in [-0.2, -0.15) is 0 Å². The fraction of sp³-hybridized carbons (Fsp3) is 0.417. The molecular formula is C12H16O2S. The minimum atomic E-state index is -0.129. The van der Waals surface area contributed by atoms with Gasteiger partial charge >= 0.3 is 5.97 Å². The molecule has 1 aromatic carbocycles. The van der Waals surface area contributed by atoms with Crippen LogP contribution in [0.25, 0.3) is 0 Å². The van der Waals surface area contributed by atoms with Gasteiger partial charge < -0.3 is 4.74 Å². The van der Waals surface area contributed by atoms with E-state index in [1.807, 2.05) is 19.1 Å². The molecule has 0 amide bonds. The third-order valence-corrected chi connectivity index (χ3v) is 3.00. The normalized spacial score (nSPS) is 10.0. The Morgan fingerprint density at radius 3 is 2.80 bits per heavy atom. The lowest BCUT2D eigenvalue weighted by atomic mass is 10.1. The van der Waals surface area contributed by atoms with Crippen molar-refractivity contribution in [3.63, 3.8) is 0 Å². The highest BCUT2D eigenvalue weighted by molar-refractivity contribution is 7.99.